The highest BCUT2D eigenvalue weighted by Gasteiger charge is 2.28. The van der Waals surface area contributed by atoms with E-state index in [1.807, 2.05) is 42.5 Å². The minimum Gasteiger partial charge on any atom is -0.368 e. The van der Waals surface area contributed by atoms with Crippen LogP contribution in [0.3, 0.4) is 0 Å². The molecule has 0 saturated heterocycles. The van der Waals surface area contributed by atoms with Crippen molar-refractivity contribution in [2.24, 2.45) is 11.5 Å². The average Bonchev–Trinajstić information content (AvgIpc) is 3.42. The fraction of sp³-hybridized carbons (Fsp3) is 0.308. The van der Waals surface area contributed by atoms with Gasteiger partial charge in [-0.1, -0.05) is 42.5 Å². The number of benzene rings is 2. The van der Waals surface area contributed by atoms with Crippen LogP contribution in [0.15, 0.2) is 55.0 Å². The number of rotatable bonds is 13. The number of hydrogen-bond donors (Lipinski definition) is 7. The van der Waals surface area contributed by atoms with E-state index in [1.165, 1.54) is 19.4 Å². The minimum absolute atomic E-state index is 0.0735. The third kappa shape index (κ3) is 8.93. The van der Waals surface area contributed by atoms with Crippen molar-refractivity contribution in [3.8, 4) is 0 Å². The largest absolute Gasteiger partial charge is 0.368 e. The standard InChI is InChI=1S/C26H32N8O5/c1-15(27)24(37)33-21(10-19-11-29-14-32-19)26(39)34-20(25(38)31-13-23(36)30-12-22(28)35)9-16-6-7-17-4-2-3-5-18(17)8-16/h2-8,11,14-15,20-21H,9-10,12-13,27H2,1H3,(H2,28,35)(H,29,32)(H,30,36)(H,31,38)(H,33,37)(H,34,39). The zero-order valence-corrected chi connectivity index (χ0v) is 21.4. The molecule has 3 unspecified atom stereocenters. The lowest BCUT2D eigenvalue weighted by molar-refractivity contribution is -0.133. The molecule has 5 amide bonds. The number of H-pyrrole nitrogens is 1. The topological polar surface area (TPSA) is 214 Å². The molecule has 3 rings (SSSR count). The van der Waals surface area contributed by atoms with E-state index in [2.05, 4.69) is 31.2 Å². The van der Waals surface area contributed by atoms with Crippen LogP contribution in [0.25, 0.3) is 10.8 Å². The van der Waals surface area contributed by atoms with Crippen LogP contribution in [0, 0.1) is 0 Å². The molecule has 1 heterocycles. The second-order valence-corrected chi connectivity index (χ2v) is 9.04. The third-order valence-electron chi connectivity index (χ3n) is 5.80. The van der Waals surface area contributed by atoms with Gasteiger partial charge in [0.25, 0.3) is 0 Å². The number of nitrogens with zero attached hydrogens (tertiary/aromatic N) is 1. The van der Waals surface area contributed by atoms with Gasteiger partial charge in [-0.25, -0.2) is 4.98 Å². The second kappa shape index (κ2) is 13.7. The molecule has 39 heavy (non-hydrogen) atoms. The maximum Gasteiger partial charge on any atom is 0.243 e. The van der Waals surface area contributed by atoms with Gasteiger partial charge in [0.1, 0.15) is 12.1 Å². The van der Waals surface area contributed by atoms with E-state index in [9.17, 15) is 24.0 Å². The van der Waals surface area contributed by atoms with Crippen LogP contribution in [-0.2, 0) is 36.8 Å². The van der Waals surface area contributed by atoms with E-state index >= 15 is 0 Å². The smallest absolute Gasteiger partial charge is 0.243 e. The van der Waals surface area contributed by atoms with E-state index in [0.717, 1.165) is 16.3 Å². The lowest BCUT2D eigenvalue weighted by Gasteiger charge is -2.24. The summed E-state index contributed by atoms with van der Waals surface area (Å²) < 4.78 is 0. The van der Waals surface area contributed by atoms with E-state index < -0.39 is 54.2 Å². The van der Waals surface area contributed by atoms with Crippen molar-refractivity contribution in [3.63, 3.8) is 0 Å². The molecule has 206 valence electrons. The number of hydrogen-bond acceptors (Lipinski definition) is 7. The molecular formula is C26H32N8O5. The minimum atomic E-state index is -1.10. The Balaban J connectivity index is 1.79. The van der Waals surface area contributed by atoms with Crippen molar-refractivity contribution >= 4 is 40.3 Å². The Kier molecular flexibility index (Phi) is 10.1. The summed E-state index contributed by atoms with van der Waals surface area (Å²) in [6.07, 6.45) is 3.13. The number of aromatic amines is 1. The molecule has 0 aliphatic carbocycles. The Labute approximate surface area is 224 Å². The summed E-state index contributed by atoms with van der Waals surface area (Å²) in [6, 6.07) is 10.3. The zero-order chi connectivity index (χ0) is 28.4. The third-order valence-corrected chi connectivity index (χ3v) is 5.80. The molecule has 0 radical (unpaired) electrons. The molecular weight excluding hydrogens is 504 g/mol. The fourth-order valence-electron chi connectivity index (χ4n) is 3.75. The van der Waals surface area contributed by atoms with Crippen LogP contribution >= 0.6 is 0 Å². The summed E-state index contributed by atoms with van der Waals surface area (Å²) in [4.78, 5) is 68.5. The second-order valence-electron chi connectivity index (χ2n) is 9.04. The summed E-state index contributed by atoms with van der Waals surface area (Å²) in [6.45, 7) is 0.676. The number of nitrogens with one attached hydrogen (secondary N) is 5. The number of imidazole rings is 1. The van der Waals surface area contributed by atoms with Gasteiger partial charge in [-0.3, -0.25) is 24.0 Å². The van der Waals surface area contributed by atoms with Crippen LogP contribution in [-0.4, -0.2) is 70.7 Å². The number of fused-ring (bicyclic) bond motifs is 1. The van der Waals surface area contributed by atoms with Crippen molar-refractivity contribution in [3.05, 3.63) is 66.2 Å². The van der Waals surface area contributed by atoms with Crippen molar-refractivity contribution in [1.82, 2.24) is 31.2 Å². The molecule has 3 atom stereocenters. The highest BCUT2D eigenvalue weighted by atomic mass is 16.2. The predicted molar refractivity (Wildman–Crippen MR) is 143 cm³/mol. The summed E-state index contributed by atoms with van der Waals surface area (Å²) in [5.74, 6) is -3.16. The van der Waals surface area contributed by atoms with Crippen molar-refractivity contribution < 1.29 is 24.0 Å². The van der Waals surface area contributed by atoms with Crippen molar-refractivity contribution in [2.75, 3.05) is 13.1 Å². The number of primary amides is 1. The van der Waals surface area contributed by atoms with E-state index in [0.29, 0.717) is 5.69 Å². The number of aromatic nitrogens is 2. The van der Waals surface area contributed by atoms with E-state index in [-0.39, 0.29) is 19.4 Å². The predicted octanol–water partition coefficient (Wildman–Crippen LogP) is -1.62. The monoisotopic (exact) mass is 536 g/mol. The summed E-state index contributed by atoms with van der Waals surface area (Å²) in [5.41, 5.74) is 12.0. The quantitative estimate of drug-likeness (QED) is 0.135. The highest BCUT2D eigenvalue weighted by molar-refractivity contribution is 5.94. The maximum absolute atomic E-state index is 13.3. The van der Waals surface area contributed by atoms with Gasteiger partial charge in [0, 0.05) is 24.7 Å². The highest BCUT2D eigenvalue weighted by Crippen LogP contribution is 2.17. The van der Waals surface area contributed by atoms with Gasteiger partial charge < -0.3 is 37.7 Å². The molecule has 0 saturated carbocycles. The van der Waals surface area contributed by atoms with Gasteiger partial charge in [0.05, 0.1) is 25.5 Å². The van der Waals surface area contributed by atoms with Gasteiger partial charge in [-0.2, -0.15) is 0 Å². The normalized spacial score (nSPS) is 13.1. The number of amides is 5. The molecule has 0 aliphatic rings. The van der Waals surface area contributed by atoms with Crippen LogP contribution < -0.4 is 32.7 Å². The van der Waals surface area contributed by atoms with Gasteiger partial charge in [0.2, 0.25) is 29.5 Å². The SMILES string of the molecule is CC(N)C(=O)NC(Cc1cnc[nH]1)C(=O)NC(Cc1ccc2ccccc2c1)C(=O)NCC(=O)NCC(N)=O. The van der Waals surface area contributed by atoms with Crippen molar-refractivity contribution in [1.29, 1.82) is 0 Å². The molecule has 9 N–H and O–H groups in total. The Morgan fingerprint density at radius 2 is 1.56 bits per heavy atom. The molecule has 0 bridgehead atoms. The molecule has 3 aromatic rings. The molecule has 0 aliphatic heterocycles. The molecule has 0 spiro atoms. The fourth-order valence-corrected chi connectivity index (χ4v) is 3.75. The van der Waals surface area contributed by atoms with Crippen LogP contribution in [0.5, 0.6) is 0 Å². The van der Waals surface area contributed by atoms with Gasteiger partial charge in [-0.15, -0.1) is 0 Å². The van der Waals surface area contributed by atoms with Gasteiger partial charge >= 0.3 is 0 Å². The Hall–Kier alpha value is -4.78. The summed E-state index contributed by atoms with van der Waals surface area (Å²) in [7, 11) is 0. The number of nitrogens with two attached hydrogens (primary N) is 2. The first-order valence-electron chi connectivity index (χ1n) is 12.3. The lowest BCUT2D eigenvalue weighted by atomic mass is 10.0. The Bertz CT molecular complexity index is 1320. The van der Waals surface area contributed by atoms with E-state index in [1.54, 1.807) is 0 Å². The molecule has 13 nitrogen and oxygen atoms in total. The number of carbonyl (C=O) groups excluding carboxylic acids is 5. The molecule has 13 heteroatoms. The van der Waals surface area contributed by atoms with E-state index in [4.69, 9.17) is 11.5 Å². The first-order valence-corrected chi connectivity index (χ1v) is 12.3. The van der Waals surface area contributed by atoms with Crippen molar-refractivity contribution in [2.45, 2.75) is 37.9 Å². The summed E-state index contributed by atoms with van der Waals surface area (Å²) in [5, 5.41) is 12.0. The van der Waals surface area contributed by atoms with Crippen LogP contribution in [0.1, 0.15) is 18.2 Å². The first kappa shape index (κ1) is 28.8. The maximum atomic E-state index is 13.3. The Morgan fingerprint density at radius 1 is 0.872 bits per heavy atom. The van der Waals surface area contributed by atoms with Gasteiger partial charge in [-0.05, 0) is 23.3 Å². The first-order chi connectivity index (χ1) is 18.6. The molecule has 2 aromatic carbocycles. The lowest BCUT2D eigenvalue weighted by Crippen LogP contribution is -2.57. The Morgan fingerprint density at radius 3 is 2.23 bits per heavy atom. The molecule has 0 fully saturated rings. The van der Waals surface area contributed by atoms with Crippen LogP contribution in [0.4, 0.5) is 0 Å². The average molecular weight is 537 g/mol. The van der Waals surface area contributed by atoms with Gasteiger partial charge in [0.15, 0.2) is 0 Å². The number of carbonyl (C=O) groups is 5. The molecule has 1 aromatic heterocycles. The summed E-state index contributed by atoms with van der Waals surface area (Å²) >= 11 is 0. The van der Waals surface area contributed by atoms with Crippen LogP contribution in [0.2, 0.25) is 0 Å². The zero-order valence-electron chi connectivity index (χ0n) is 21.4.